The summed E-state index contributed by atoms with van der Waals surface area (Å²) in [5, 5.41) is 6.33. The number of methoxy groups -OCH3 is 1. The molecule has 1 unspecified atom stereocenters. The molecule has 4 rings (SSSR count). The van der Waals surface area contributed by atoms with Crippen LogP contribution in [-0.2, 0) is 11.2 Å². The fourth-order valence-electron chi connectivity index (χ4n) is 3.58. The molecule has 5 nitrogen and oxygen atoms in total. The van der Waals surface area contributed by atoms with Crippen molar-refractivity contribution in [2.45, 2.75) is 12.5 Å². The predicted octanol–water partition coefficient (Wildman–Crippen LogP) is 4.38. The second-order valence-corrected chi connectivity index (χ2v) is 7.59. The molecule has 1 saturated heterocycles. The Hall–Kier alpha value is -2.12. The molecule has 1 amide bonds. The Morgan fingerprint density at radius 2 is 1.90 bits per heavy atom. The first-order valence-electron chi connectivity index (χ1n) is 9.39. The van der Waals surface area contributed by atoms with Crippen molar-refractivity contribution >= 4 is 42.1 Å². The van der Waals surface area contributed by atoms with Crippen LogP contribution in [0.15, 0.2) is 60.0 Å². The lowest BCUT2D eigenvalue weighted by Gasteiger charge is -2.37. The molecule has 160 valence electrons. The van der Waals surface area contributed by atoms with Gasteiger partial charge in [-0.25, -0.2) is 4.98 Å². The Labute approximate surface area is 193 Å². The molecular formula is C22H25Cl2N3O2S. The normalized spacial score (nSPS) is 15.6. The van der Waals surface area contributed by atoms with E-state index in [2.05, 4.69) is 10.3 Å². The van der Waals surface area contributed by atoms with E-state index in [0.717, 1.165) is 40.7 Å². The molecule has 1 N–H and O–H groups in total. The van der Waals surface area contributed by atoms with Crippen LogP contribution in [0.2, 0.25) is 0 Å². The summed E-state index contributed by atoms with van der Waals surface area (Å²) in [5.74, 6) is 0.913. The van der Waals surface area contributed by atoms with Gasteiger partial charge in [0, 0.05) is 36.1 Å². The maximum absolute atomic E-state index is 13.1. The molecule has 0 saturated carbocycles. The van der Waals surface area contributed by atoms with E-state index in [4.69, 9.17) is 4.74 Å². The molecule has 0 spiro atoms. The smallest absolute Gasteiger partial charge is 0.229 e. The molecule has 1 aromatic heterocycles. The molecule has 2 heterocycles. The molecule has 0 aliphatic carbocycles. The van der Waals surface area contributed by atoms with E-state index in [0.29, 0.717) is 13.0 Å². The number of ether oxygens (including phenoxy) is 1. The van der Waals surface area contributed by atoms with Gasteiger partial charge in [-0.1, -0.05) is 48.5 Å². The van der Waals surface area contributed by atoms with Gasteiger partial charge in [0.15, 0.2) is 0 Å². The van der Waals surface area contributed by atoms with Gasteiger partial charge in [0.1, 0.15) is 10.8 Å². The van der Waals surface area contributed by atoms with Crippen LogP contribution in [0.4, 0.5) is 0 Å². The highest BCUT2D eigenvalue weighted by atomic mass is 35.5. The largest absolute Gasteiger partial charge is 0.496 e. The molecule has 2 aromatic carbocycles. The number of hydrogen-bond acceptors (Lipinski definition) is 5. The van der Waals surface area contributed by atoms with Crippen LogP contribution in [-0.4, -0.2) is 42.5 Å². The molecule has 1 fully saturated rings. The number of aromatic nitrogens is 1. The summed E-state index contributed by atoms with van der Waals surface area (Å²) in [7, 11) is 1.67. The average molecular weight is 466 g/mol. The Bertz CT molecular complexity index is 952. The van der Waals surface area contributed by atoms with Crippen molar-refractivity contribution in [3.8, 4) is 16.3 Å². The minimum absolute atomic E-state index is 0. The van der Waals surface area contributed by atoms with E-state index < -0.39 is 0 Å². The molecule has 1 atom stereocenters. The van der Waals surface area contributed by atoms with Gasteiger partial charge in [-0.3, -0.25) is 4.79 Å². The first-order valence-corrected chi connectivity index (χ1v) is 10.3. The SMILES string of the molecule is COc1ccccc1C1CNCCN1C(=O)Cc1csc(-c2ccccc2)n1.Cl.Cl. The third kappa shape index (κ3) is 5.32. The first-order chi connectivity index (χ1) is 13.8. The molecule has 0 bridgehead atoms. The maximum atomic E-state index is 13.1. The fourth-order valence-corrected chi connectivity index (χ4v) is 4.41. The van der Waals surface area contributed by atoms with Crippen molar-refractivity contribution in [1.82, 2.24) is 15.2 Å². The zero-order valence-corrected chi connectivity index (χ0v) is 19.1. The molecule has 8 heteroatoms. The molecule has 3 aromatic rings. The van der Waals surface area contributed by atoms with Gasteiger partial charge >= 0.3 is 0 Å². The van der Waals surface area contributed by atoms with Crippen molar-refractivity contribution in [1.29, 1.82) is 0 Å². The second kappa shape index (κ2) is 11.3. The van der Waals surface area contributed by atoms with Crippen LogP contribution in [0.5, 0.6) is 5.75 Å². The van der Waals surface area contributed by atoms with E-state index in [-0.39, 0.29) is 36.8 Å². The highest BCUT2D eigenvalue weighted by Gasteiger charge is 2.30. The number of thiazole rings is 1. The second-order valence-electron chi connectivity index (χ2n) is 6.74. The molecule has 30 heavy (non-hydrogen) atoms. The minimum Gasteiger partial charge on any atom is -0.496 e. The third-order valence-electron chi connectivity index (χ3n) is 4.97. The van der Waals surface area contributed by atoms with Crippen LogP contribution >= 0.6 is 36.2 Å². The van der Waals surface area contributed by atoms with Gasteiger partial charge in [0.05, 0.1) is 25.3 Å². The van der Waals surface area contributed by atoms with E-state index in [9.17, 15) is 4.79 Å². The van der Waals surface area contributed by atoms with Crippen LogP contribution in [0.25, 0.3) is 10.6 Å². The van der Waals surface area contributed by atoms with Gasteiger partial charge in [0.2, 0.25) is 5.91 Å². The number of carbonyl (C=O) groups is 1. The van der Waals surface area contributed by atoms with Gasteiger partial charge in [-0.05, 0) is 6.07 Å². The Kier molecular flexibility index (Phi) is 9.11. The summed E-state index contributed by atoms with van der Waals surface area (Å²) in [6.45, 7) is 2.19. The minimum atomic E-state index is -0.0374. The summed E-state index contributed by atoms with van der Waals surface area (Å²) < 4.78 is 5.52. The average Bonchev–Trinajstić information content (AvgIpc) is 3.23. The molecular weight excluding hydrogens is 441 g/mol. The molecule has 1 aliphatic rings. The number of hydrogen-bond donors (Lipinski definition) is 1. The zero-order valence-electron chi connectivity index (χ0n) is 16.6. The van der Waals surface area contributed by atoms with Crippen LogP contribution < -0.4 is 10.1 Å². The summed E-state index contributed by atoms with van der Waals surface area (Å²) in [4.78, 5) is 19.8. The topological polar surface area (TPSA) is 54.5 Å². The highest BCUT2D eigenvalue weighted by Crippen LogP contribution is 2.31. The van der Waals surface area contributed by atoms with Crippen molar-refractivity contribution < 1.29 is 9.53 Å². The van der Waals surface area contributed by atoms with Gasteiger partial charge in [-0.15, -0.1) is 36.2 Å². The highest BCUT2D eigenvalue weighted by molar-refractivity contribution is 7.13. The number of nitrogens with one attached hydrogen (secondary N) is 1. The number of para-hydroxylation sites is 1. The van der Waals surface area contributed by atoms with Crippen LogP contribution in [0.1, 0.15) is 17.3 Å². The molecule has 0 radical (unpaired) electrons. The third-order valence-corrected chi connectivity index (χ3v) is 5.91. The zero-order chi connectivity index (χ0) is 19.3. The number of benzene rings is 2. The number of amides is 1. The van der Waals surface area contributed by atoms with Gasteiger partial charge in [-0.2, -0.15) is 0 Å². The van der Waals surface area contributed by atoms with Gasteiger partial charge < -0.3 is 15.0 Å². The Morgan fingerprint density at radius 1 is 1.17 bits per heavy atom. The van der Waals surface area contributed by atoms with Crippen molar-refractivity contribution in [2.75, 3.05) is 26.7 Å². The first kappa shape index (κ1) is 24.2. The predicted molar refractivity (Wildman–Crippen MR) is 126 cm³/mol. The number of halogens is 2. The Morgan fingerprint density at radius 3 is 2.67 bits per heavy atom. The Balaban J connectivity index is 0.00000160. The summed E-state index contributed by atoms with van der Waals surface area (Å²) in [6.07, 6.45) is 0.314. The summed E-state index contributed by atoms with van der Waals surface area (Å²) in [5.41, 5.74) is 2.94. The van der Waals surface area contributed by atoms with E-state index in [1.165, 1.54) is 0 Å². The van der Waals surface area contributed by atoms with Gasteiger partial charge in [0.25, 0.3) is 0 Å². The summed E-state index contributed by atoms with van der Waals surface area (Å²) >= 11 is 1.58. The number of rotatable bonds is 5. The molecule has 1 aliphatic heterocycles. The number of piperazine rings is 1. The van der Waals surface area contributed by atoms with E-state index in [1.54, 1.807) is 18.4 Å². The monoisotopic (exact) mass is 465 g/mol. The van der Waals surface area contributed by atoms with Crippen LogP contribution in [0, 0.1) is 0 Å². The van der Waals surface area contributed by atoms with Crippen LogP contribution in [0.3, 0.4) is 0 Å². The maximum Gasteiger partial charge on any atom is 0.229 e. The van der Waals surface area contributed by atoms with E-state index in [1.807, 2.05) is 64.9 Å². The van der Waals surface area contributed by atoms with Crippen molar-refractivity contribution in [3.05, 3.63) is 71.2 Å². The standard InChI is InChI=1S/C22H23N3O2S.2ClH/c1-27-20-10-6-5-9-18(20)19-14-23-11-12-25(19)21(26)13-17-15-28-22(24-17)16-7-3-2-4-8-16;;/h2-10,15,19,23H,11-14H2,1H3;2*1H. The lowest BCUT2D eigenvalue weighted by atomic mass is 10.0. The van der Waals surface area contributed by atoms with E-state index >= 15 is 0 Å². The lowest BCUT2D eigenvalue weighted by molar-refractivity contribution is -0.133. The summed E-state index contributed by atoms with van der Waals surface area (Å²) in [6, 6.07) is 17.9. The number of nitrogens with zero attached hydrogens (tertiary/aromatic N) is 2. The van der Waals surface area contributed by atoms with Crippen molar-refractivity contribution in [2.24, 2.45) is 0 Å². The quantitative estimate of drug-likeness (QED) is 0.607. The fraction of sp³-hybridized carbons (Fsp3) is 0.273. The lowest BCUT2D eigenvalue weighted by Crippen LogP contribution is -2.49. The number of carbonyl (C=O) groups excluding carboxylic acids is 1. The van der Waals surface area contributed by atoms with Crippen molar-refractivity contribution in [3.63, 3.8) is 0 Å².